The van der Waals surface area contributed by atoms with E-state index in [1.54, 1.807) is 14.2 Å². The molecule has 158 valence electrons. The second kappa shape index (κ2) is 12.8. The number of nitrogens with zero attached hydrogens (tertiary/aromatic N) is 1. The largest absolute Gasteiger partial charge is 0.493 e. The predicted molar refractivity (Wildman–Crippen MR) is 116 cm³/mol. The van der Waals surface area contributed by atoms with Crippen molar-refractivity contribution >= 4 is 16.8 Å². The summed E-state index contributed by atoms with van der Waals surface area (Å²) in [5, 5.41) is 7.20. The van der Waals surface area contributed by atoms with Gasteiger partial charge in [-0.25, -0.2) is 0 Å². The average Bonchev–Trinajstić information content (AvgIpc) is 2.74. The van der Waals surface area contributed by atoms with E-state index in [9.17, 15) is 4.21 Å². The van der Waals surface area contributed by atoms with Crippen LogP contribution in [0.1, 0.15) is 44.6 Å². The summed E-state index contributed by atoms with van der Waals surface area (Å²) < 4.78 is 22.9. The predicted octanol–water partition coefficient (Wildman–Crippen LogP) is 2.85. The van der Waals surface area contributed by atoms with Crippen molar-refractivity contribution in [3.05, 3.63) is 29.8 Å². The number of rotatable bonds is 10. The van der Waals surface area contributed by atoms with E-state index < -0.39 is 10.8 Å². The summed E-state index contributed by atoms with van der Waals surface area (Å²) in [6.07, 6.45) is 5.12. The van der Waals surface area contributed by atoms with E-state index in [1.165, 1.54) is 0 Å². The van der Waals surface area contributed by atoms with Crippen molar-refractivity contribution < 1.29 is 13.7 Å². The molecule has 0 aliphatic heterocycles. The van der Waals surface area contributed by atoms with Gasteiger partial charge in [0.2, 0.25) is 0 Å². The average molecular weight is 410 g/mol. The third-order valence-electron chi connectivity index (χ3n) is 4.97. The summed E-state index contributed by atoms with van der Waals surface area (Å²) in [7, 11) is 2.77. The lowest BCUT2D eigenvalue weighted by atomic mass is 9.95. The molecule has 0 saturated heterocycles. The second-order valence-corrected chi connectivity index (χ2v) is 9.07. The van der Waals surface area contributed by atoms with Crippen LogP contribution >= 0.6 is 0 Å². The van der Waals surface area contributed by atoms with Crippen LogP contribution in [0.4, 0.5) is 0 Å². The van der Waals surface area contributed by atoms with E-state index in [1.807, 2.05) is 25.1 Å². The summed E-state index contributed by atoms with van der Waals surface area (Å²) in [5.74, 6) is 2.41. The zero-order chi connectivity index (χ0) is 20.2. The third kappa shape index (κ3) is 7.80. The van der Waals surface area contributed by atoms with Gasteiger partial charge in [0.1, 0.15) is 5.75 Å². The minimum absolute atomic E-state index is 0.307. The smallest absolute Gasteiger partial charge is 0.191 e. The summed E-state index contributed by atoms with van der Waals surface area (Å²) >= 11 is 0. The molecule has 0 spiro atoms. The van der Waals surface area contributed by atoms with Crippen LogP contribution in [-0.2, 0) is 22.1 Å². The fourth-order valence-corrected chi connectivity index (χ4v) is 4.81. The van der Waals surface area contributed by atoms with Gasteiger partial charge in [0, 0.05) is 61.6 Å². The first-order valence-electron chi connectivity index (χ1n) is 10.2. The lowest BCUT2D eigenvalue weighted by Crippen LogP contribution is -2.46. The van der Waals surface area contributed by atoms with Gasteiger partial charge in [0.15, 0.2) is 5.96 Å². The molecule has 0 amide bonds. The van der Waals surface area contributed by atoms with Gasteiger partial charge in [-0.1, -0.05) is 25.5 Å². The minimum Gasteiger partial charge on any atom is -0.493 e. The van der Waals surface area contributed by atoms with Gasteiger partial charge in [0.05, 0.1) is 6.61 Å². The molecule has 0 heterocycles. The van der Waals surface area contributed by atoms with Crippen molar-refractivity contribution in [3.63, 3.8) is 0 Å². The van der Waals surface area contributed by atoms with E-state index in [4.69, 9.17) is 9.47 Å². The topological polar surface area (TPSA) is 72.0 Å². The van der Waals surface area contributed by atoms with Crippen LogP contribution in [-0.4, -0.2) is 54.6 Å². The number of benzene rings is 1. The van der Waals surface area contributed by atoms with Crippen LogP contribution in [0.3, 0.4) is 0 Å². The first-order chi connectivity index (χ1) is 13.7. The zero-order valence-electron chi connectivity index (χ0n) is 17.4. The number of methoxy groups -OCH3 is 1. The maximum absolute atomic E-state index is 12.1. The molecule has 2 rings (SSSR count). The highest BCUT2D eigenvalue weighted by Crippen LogP contribution is 2.23. The number of hydrogen-bond donors (Lipinski definition) is 2. The molecule has 0 bridgehead atoms. The van der Waals surface area contributed by atoms with Gasteiger partial charge in [0.25, 0.3) is 0 Å². The fourth-order valence-electron chi connectivity index (χ4n) is 3.46. The van der Waals surface area contributed by atoms with Gasteiger partial charge in [-0.3, -0.25) is 9.20 Å². The first-order valence-corrected chi connectivity index (χ1v) is 11.6. The minimum atomic E-state index is -0.714. The summed E-state index contributed by atoms with van der Waals surface area (Å²) in [5.41, 5.74) is 1.14. The van der Waals surface area contributed by atoms with Crippen LogP contribution < -0.4 is 15.4 Å². The molecule has 1 saturated carbocycles. The Balaban J connectivity index is 1.81. The number of nitrogens with one attached hydrogen (secondary N) is 2. The highest BCUT2D eigenvalue weighted by atomic mass is 32.2. The molecule has 3 atom stereocenters. The number of aliphatic imine (C=N–C) groups is 1. The monoisotopic (exact) mass is 409 g/mol. The zero-order valence-corrected chi connectivity index (χ0v) is 18.2. The number of hydrogen-bond acceptors (Lipinski definition) is 4. The maximum Gasteiger partial charge on any atom is 0.191 e. The fraction of sp³-hybridized carbons (Fsp3) is 0.667. The summed E-state index contributed by atoms with van der Waals surface area (Å²) in [6, 6.07) is 8.43. The van der Waals surface area contributed by atoms with Crippen LogP contribution in [0.2, 0.25) is 0 Å². The summed E-state index contributed by atoms with van der Waals surface area (Å²) in [6.45, 7) is 4.03. The summed E-state index contributed by atoms with van der Waals surface area (Å²) in [4.78, 5) is 4.35. The molecule has 28 heavy (non-hydrogen) atoms. The Labute approximate surface area is 171 Å². The Kier molecular flexibility index (Phi) is 10.4. The molecule has 0 aromatic heterocycles. The van der Waals surface area contributed by atoms with Gasteiger partial charge >= 0.3 is 0 Å². The van der Waals surface area contributed by atoms with Crippen LogP contribution in [0.15, 0.2) is 29.3 Å². The van der Waals surface area contributed by atoms with Gasteiger partial charge in [-0.15, -0.1) is 0 Å². The van der Waals surface area contributed by atoms with Crippen molar-refractivity contribution in [1.29, 1.82) is 0 Å². The van der Waals surface area contributed by atoms with Crippen LogP contribution in [0.25, 0.3) is 0 Å². The van der Waals surface area contributed by atoms with Crippen molar-refractivity contribution in [1.82, 2.24) is 10.6 Å². The van der Waals surface area contributed by atoms with Crippen molar-refractivity contribution in [2.45, 2.75) is 56.9 Å². The molecule has 7 heteroatoms. The lowest BCUT2D eigenvalue weighted by molar-refractivity contribution is 0.172. The Morgan fingerprint density at radius 3 is 2.93 bits per heavy atom. The van der Waals surface area contributed by atoms with Crippen molar-refractivity contribution in [2.24, 2.45) is 4.99 Å². The Morgan fingerprint density at radius 1 is 1.32 bits per heavy atom. The molecule has 0 radical (unpaired) electrons. The lowest BCUT2D eigenvalue weighted by Gasteiger charge is -2.30. The molecule has 1 aromatic rings. The second-order valence-electron chi connectivity index (χ2n) is 7.07. The molecule has 2 N–H and O–H groups in total. The molecule has 1 aliphatic rings. The third-order valence-corrected chi connectivity index (χ3v) is 6.71. The van der Waals surface area contributed by atoms with E-state index in [0.29, 0.717) is 31.1 Å². The normalized spacial score (nSPS) is 21.2. The van der Waals surface area contributed by atoms with Crippen LogP contribution in [0.5, 0.6) is 5.75 Å². The standard InChI is InChI=1S/C21H35N3O3S/c1-4-28(25)20-11-6-9-18(15-20)24-21(22-2)23-16-17-8-5-10-19(14-17)27-13-7-12-26-3/h5,8,10,14,18,20H,4,6-7,9,11-13,15-16H2,1-3H3,(H2,22,23,24). The van der Waals surface area contributed by atoms with Crippen molar-refractivity contribution in [2.75, 3.05) is 33.1 Å². The molecule has 3 unspecified atom stereocenters. The van der Waals surface area contributed by atoms with Crippen LogP contribution in [0, 0.1) is 0 Å². The quantitative estimate of drug-likeness (QED) is 0.353. The Bertz CT molecular complexity index is 639. The molecule has 1 fully saturated rings. The van der Waals surface area contributed by atoms with E-state index in [0.717, 1.165) is 55.1 Å². The highest BCUT2D eigenvalue weighted by Gasteiger charge is 2.25. The Morgan fingerprint density at radius 2 is 2.18 bits per heavy atom. The Hall–Kier alpha value is -1.60. The maximum atomic E-state index is 12.1. The number of guanidine groups is 1. The molecular formula is C21H35N3O3S. The van der Waals surface area contributed by atoms with E-state index >= 15 is 0 Å². The molecule has 6 nitrogen and oxygen atoms in total. The van der Waals surface area contributed by atoms with Gasteiger partial charge < -0.3 is 20.1 Å². The van der Waals surface area contributed by atoms with Gasteiger partial charge in [-0.2, -0.15) is 0 Å². The molecule has 1 aromatic carbocycles. The first kappa shape index (κ1) is 22.7. The SMILES string of the molecule is CCS(=O)C1CCCC(NC(=NC)NCc2cccc(OCCCOC)c2)C1. The number of ether oxygens (including phenoxy) is 2. The molecular weight excluding hydrogens is 374 g/mol. The van der Waals surface area contributed by atoms with E-state index in [2.05, 4.69) is 21.7 Å². The van der Waals surface area contributed by atoms with Crippen molar-refractivity contribution in [3.8, 4) is 5.75 Å². The van der Waals surface area contributed by atoms with E-state index in [-0.39, 0.29) is 0 Å². The highest BCUT2D eigenvalue weighted by molar-refractivity contribution is 7.85. The molecule has 1 aliphatic carbocycles. The van der Waals surface area contributed by atoms with Gasteiger partial charge in [-0.05, 0) is 37.0 Å².